The van der Waals surface area contributed by atoms with Gasteiger partial charge in [0.15, 0.2) is 29.6 Å². The second kappa shape index (κ2) is 10.8. The van der Waals surface area contributed by atoms with E-state index in [1.807, 2.05) is 37.3 Å². The molecule has 0 N–H and O–H groups in total. The Bertz CT molecular complexity index is 1080. The minimum Gasteiger partial charge on any atom is -0.493 e. The highest BCUT2D eigenvalue weighted by molar-refractivity contribution is 6.16. The Kier molecular flexibility index (Phi) is 7.92. The number of nitrogens with zero attached hydrogens (tertiary/aromatic N) is 2. The van der Waals surface area contributed by atoms with Gasteiger partial charge in [-0.1, -0.05) is 6.92 Å². The largest absolute Gasteiger partial charge is 0.493 e. The van der Waals surface area contributed by atoms with Crippen molar-refractivity contribution in [2.24, 2.45) is 10.2 Å². The third kappa shape index (κ3) is 5.10. The van der Waals surface area contributed by atoms with Crippen LogP contribution >= 0.6 is 0 Å². The highest BCUT2D eigenvalue weighted by Gasteiger charge is 2.27. The lowest BCUT2D eigenvalue weighted by Gasteiger charge is -2.21. The van der Waals surface area contributed by atoms with Gasteiger partial charge in [0.05, 0.1) is 27.9 Å². The molecule has 0 aliphatic carbocycles. The number of rotatable bonds is 9. The highest BCUT2D eigenvalue weighted by atomic mass is 16.6. The van der Waals surface area contributed by atoms with Crippen LogP contribution in [-0.2, 0) is 9.53 Å². The van der Waals surface area contributed by atoms with Crippen LogP contribution in [0.1, 0.15) is 49.8 Å². The van der Waals surface area contributed by atoms with Crippen LogP contribution < -0.4 is 18.9 Å². The molecule has 2 aromatic rings. The van der Waals surface area contributed by atoms with Gasteiger partial charge in [0, 0.05) is 22.8 Å². The number of carbonyl (C=O) groups excluding carboxylic acids is 1. The Balaban J connectivity index is 2.14. The van der Waals surface area contributed by atoms with Gasteiger partial charge in [0.25, 0.3) is 0 Å². The van der Waals surface area contributed by atoms with Crippen LogP contribution in [0.5, 0.6) is 23.0 Å². The maximum Gasteiger partial charge on any atom is 0.344 e. The molecule has 1 atom stereocenters. The zero-order valence-electron chi connectivity index (χ0n) is 19.9. The molecule has 0 fully saturated rings. The fourth-order valence-corrected chi connectivity index (χ4v) is 3.87. The predicted molar refractivity (Wildman–Crippen MR) is 126 cm³/mol. The molecule has 2 aromatic carbocycles. The van der Waals surface area contributed by atoms with Crippen molar-refractivity contribution in [1.29, 1.82) is 0 Å². The molecule has 0 bridgehead atoms. The smallest absolute Gasteiger partial charge is 0.344 e. The molecule has 0 aromatic heterocycles. The number of carbonyl (C=O) groups is 1. The Morgan fingerprint density at radius 1 is 0.909 bits per heavy atom. The fraction of sp³-hybridized carbons (Fsp3) is 0.400. The molecule has 176 valence electrons. The number of methoxy groups -OCH3 is 3. The summed E-state index contributed by atoms with van der Waals surface area (Å²) in [7, 11) is 4.75. The average Bonchev–Trinajstić information content (AvgIpc) is 2.96. The van der Waals surface area contributed by atoms with Gasteiger partial charge in [-0.05, 0) is 56.2 Å². The van der Waals surface area contributed by atoms with Gasteiger partial charge >= 0.3 is 5.97 Å². The summed E-state index contributed by atoms with van der Waals surface area (Å²) >= 11 is 0. The number of ether oxygens (including phenoxy) is 5. The molecule has 0 radical (unpaired) electrons. The molecule has 1 aliphatic rings. The van der Waals surface area contributed by atoms with E-state index < -0.39 is 5.97 Å². The Labute approximate surface area is 194 Å². The van der Waals surface area contributed by atoms with Crippen LogP contribution in [0, 0.1) is 0 Å². The van der Waals surface area contributed by atoms with Crippen LogP contribution in [-0.4, -0.2) is 51.9 Å². The van der Waals surface area contributed by atoms with Gasteiger partial charge in [-0.15, -0.1) is 5.10 Å². The zero-order valence-corrected chi connectivity index (χ0v) is 19.9. The van der Waals surface area contributed by atoms with Gasteiger partial charge in [0.1, 0.15) is 5.71 Å². The van der Waals surface area contributed by atoms with Gasteiger partial charge in [0.2, 0.25) is 0 Å². The fourth-order valence-electron chi connectivity index (χ4n) is 3.87. The SMILES string of the molecule is CCOC(=O)COc1cc2c(cc1OC)C(c1ccc(OC)c(OC)c1)=NN=C(C)C2CC. The second-order valence-corrected chi connectivity index (χ2v) is 7.40. The number of fused-ring (bicyclic) bond motifs is 1. The summed E-state index contributed by atoms with van der Waals surface area (Å²) in [6, 6.07) is 9.41. The summed E-state index contributed by atoms with van der Waals surface area (Å²) in [5, 5.41) is 9.09. The predicted octanol–water partition coefficient (Wildman–Crippen LogP) is 4.37. The molecular formula is C25H30N2O6. The molecular weight excluding hydrogens is 424 g/mol. The molecule has 33 heavy (non-hydrogen) atoms. The van der Waals surface area contributed by atoms with Gasteiger partial charge < -0.3 is 23.7 Å². The lowest BCUT2D eigenvalue weighted by atomic mass is 9.85. The third-order valence-corrected chi connectivity index (χ3v) is 5.49. The van der Waals surface area contributed by atoms with E-state index in [1.54, 1.807) is 28.3 Å². The van der Waals surface area contributed by atoms with E-state index in [4.69, 9.17) is 23.7 Å². The molecule has 8 nitrogen and oxygen atoms in total. The van der Waals surface area contributed by atoms with Crippen molar-refractivity contribution in [3.05, 3.63) is 47.0 Å². The van der Waals surface area contributed by atoms with E-state index >= 15 is 0 Å². The first-order chi connectivity index (χ1) is 16.0. The Morgan fingerprint density at radius 3 is 2.24 bits per heavy atom. The van der Waals surface area contributed by atoms with E-state index in [0.29, 0.717) is 35.3 Å². The molecule has 0 spiro atoms. The van der Waals surface area contributed by atoms with Gasteiger partial charge in [-0.3, -0.25) is 0 Å². The molecule has 1 aliphatic heterocycles. The lowest BCUT2D eigenvalue weighted by molar-refractivity contribution is -0.145. The number of benzene rings is 2. The van der Waals surface area contributed by atoms with Crippen LogP contribution in [0.25, 0.3) is 0 Å². The van der Waals surface area contributed by atoms with Crippen molar-refractivity contribution in [2.45, 2.75) is 33.1 Å². The van der Waals surface area contributed by atoms with Crippen LogP contribution in [0.3, 0.4) is 0 Å². The standard InChI is InChI=1S/C25H30N2O6/c1-7-17-15(3)26-27-25(16-9-10-20(29-4)21(11-16)30-5)19-13-22(31-6)23(12-18(17)19)33-14-24(28)32-8-2/h9-13,17H,7-8,14H2,1-6H3. The highest BCUT2D eigenvalue weighted by Crippen LogP contribution is 2.39. The molecule has 1 heterocycles. The maximum atomic E-state index is 11.8. The van der Waals surface area contributed by atoms with Crippen molar-refractivity contribution >= 4 is 17.4 Å². The summed E-state index contributed by atoms with van der Waals surface area (Å²) in [6.07, 6.45) is 0.820. The van der Waals surface area contributed by atoms with Crippen molar-refractivity contribution in [1.82, 2.24) is 0 Å². The van der Waals surface area contributed by atoms with E-state index in [9.17, 15) is 4.79 Å². The minimum atomic E-state index is -0.438. The molecule has 3 rings (SSSR count). The molecule has 0 amide bonds. The van der Waals surface area contributed by atoms with E-state index in [0.717, 1.165) is 28.8 Å². The average molecular weight is 455 g/mol. The summed E-state index contributed by atoms with van der Waals surface area (Å²) in [5.74, 6) is 1.76. The zero-order chi connectivity index (χ0) is 24.0. The summed E-state index contributed by atoms with van der Waals surface area (Å²) in [6.45, 7) is 5.90. The summed E-state index contributed by atoms with van der Waals surface area (Å²) in [5.41, 5.74) is 4.25. The normalized spacial score (nSPS) is 14.9. The molecule has 0 saturated heterocycles. The summed E-state index contributed by atoms with van der Waals surface area (Å²) in [4.78, 5) is 11.8. The van der Waals surface area contributed by atoms with Crippen molar-refractivity contribution in [3.8, 4) is 23.0 Å². The van der Waals surface area contributed by atoms with E-state index in [-0.39, 0.29) is 12.5 Å². The lowest BCUT2D eigenvalue weighted by Crippen LogP contribution is -2.16. The van der Waals surface area contributed by atoms with Crippen molar-refractivity contribution < 1.29 is 28.5 Å². The van der Waals surface area contributed by atoms with Crippen LogP contribution in [0.2, 0.25) is 0 Å². The van der Waals surface area contributed by atoms with Crippen LogP contribution in [0.15, 0.2) is 40.5 Å². The first-order valence-corrected chi connectivity index (χ1v) is 10.8. The van der Waals surface area contributed by atoms with E-state index in [2.05, 4.69) is 17.1 Å². The summed E-state index contributed by atoms with van der Waals surface area (Å²) < 4.78 is 27.2. The third-order valence-electron chi connectivity index (χ3n) is 5.49. The van der Waals surface area contributed by atoms with E-state index in [1.165, 1.54) is 0 Å². The molecule has 0 saturated carbocycles. The van der Waals surface area contributed by atoms with Crippen LogP contribution in [0.4, 0.5) is 0 Å². The number of esters is 1. The monoisotopic (exact) mass is 454 g/mol. The first-order valence-electron chi connectivity index (χ1n) is 10.8. The van der Waals surface area contributed by atoms with Gasteiger partial charge in [-0.25, -0.2) is 4.79 Å². The topological polar surface area (TPSA) is 87.9 Å². The van der Waals surface area contributed by atoms with Crippen molar-refractivity contribution in [2.75, 3.05) is 34.5 Å². The molecule has 1 unspecified atom stereocenters. The van der Waals surface area contributed by atoms with Crippen molar-refractivity contribution in [3.63, 3.8) is 0 Å². The quantitative estimate of drug-likeness (QED) is 0.523. The second-order valence-electron chi connectivity index (χ2n) is 7.40. The Hall–Kier alpha value is -3.55. The number of hydrogen-bond acceptors (Lipinski definition) is 8. The van der Waals surface area contributed by atoms with Gasteiger partial charge in [-0.2, -0.15) is 5.10 Å². The molecule has 8 heteroatoms. The first kappa shape index (κ1) is 24.1. The minimum absolute atomic E-state index is 0.0252. The Morgan fingerprint density at radius 2 is 1.61 bits per heavy atom. The maximum absolute atomic E-state index is 11.8. The number of hydrogen-bond donors (Lipinski definition) is 0.